The summed E-state index contributed by atoms with van der Waals surface area (Å²) in [5.41, 5.74) is 0. The van der Waals surface area contributed by atoms with E-state index in [9.17, 15) is 4.79 Å². The van der Waals surface area contributed by atoms with E-state index in [2.05, 4.69) is 5.32 Å². The second-order valence-electron chi connectivity index (χ2n) is 5.02. The Morgan fingerprint density at radius 3 is 2.71 bits per heavy atom. The highest BCUT2D eigenvalue weighted by Crippen LogP contribution is 2.33. The van der Waals surface area contributed by atoms with Gasteiger partial charge in [-0.2, -0.15) is 0 Å². The van der Waals surface area contributed by atoms with Gasteiger partial charge in [0.15, 0.2) is 18.2 Å². The van der Waals surface area contributed by atoms with Crippen LogP contribution in [-0.2, 0) is 9.53 Å². The quantitative estimate of drug-likeness (QED) is 0.849. The summed E-state index contributed by atoms with van der Waals surface area (Å²) in [6.07, 6.45) is 1.55. The van der Waals surface area contributed by atoms with E-state index in [0.29, 0.717) is 37.9 Å². The minimum absolute atomic E-state index is 0.0239. The third-order valence-corrected chi connectivity index (χ3v) is 3.59. The van der Waals surface area contributed by atoms with Crippen LogP contribution in [0, 0.1) is 5.92 Å². The fourth-order valence-corrected chi connectivity index (χ4v) is 2.41. The Bertz CT molecular complexity index is 499. The summed E-state index contributed by atoms with van der Waals surface area (Å²) in [6, 6.07) is 5.38. The van der Waals surface area contributed by atoms with Crippen LogP contribution in [0.2, 0.25) is 0 Å². The number of hydrogen-bond acceptors (Lipinski definition) is 5. The van der Waals surface area contributed by atoms with Gasteiger partial charge in [0.2, 0.25) is 5.91 Å². The molecule has 6 heteroatoms. The van der Waals surface area contributed by atoms with Gasteiger partial charge in [-0.1, -0.05) is 0 Å². The summed E-state index contributed by atoms with van der Waals surface area (Å²) in [5.74, 6) is 2.10. The predicted molar refractivity (Wildman–Crippen MR) is 74.6 cm³/mol. The Kier molecular flexibility index (Phi) is 4.45. The molecule has 1 aromatic carbocycles. The monoisotopic (exact) mass is 293 g/mol. The van der Waals surface area contributed by atoms with Crippen molar-refractivity contribution >= 4 is 5.91 Å². The Morgan fingerprint density at radius 1 is 1.14 bits per heavy atom. The number of carbonyl (C=O) groups excluding carboxylic acids is 1. The third kappa shape index (κ3) is 3.58. The maximum absolute atomic E-state index is 11.9. The Balaban J connectivity index is 1.47. The highest BCUT2D eigenvalue weighted by Gasteiger charge is 2.21. The van der Waals surface area contributed by atoms with Crippen molar-refractivity contribution in [1.29, 1.82) is 0 Å². The van der Waals surface area contributed by atoms with Crippen molar-refractivity contribution in [3.8, 4) is 17.2 Å². The van der Waals surface area contributed by atoms with Gasteiger partial charge < -0.3 is 24.3 Å². The molecule has 3 rings (SSSR count). The molecule has 6 nitrogen and oxygen atoms in total. The largest absolute Gasteiger partial charge is 0.486 e. The molecule has 2 aliphatic heterocycles. The van der Waals surface area contributed by atoms with E-state index in [4.69, 9.17) is 18.9 Å². The third-order valence-electron chi connectivity index (χ3n) is 3.59. The van der Waals surface area contributed by atoms with Gasteiger partial charge in [0.1, 0.15) is 19.0 Å². The van der Waals surface area contributed by atoms with Crippen LogP contribution in [0.25, 0.3) is 0 Å². The van der Waals surface area contributed by atoms with Crippen molar-refractivity contribution in [3.63, 3.8) is 0 Å². The number of hydrogen-bond donors (Lipinski definition) is 1. The topological polar surface area (TPSA) is 66.0 Å². The standard InChI is InChI=1S/C15H19NO5/c17-15(11-3-5-18-6-4-11)16-10-21-12-1-2-13-14(9-12)20-8-7-19-13/h1-2,9,11H,3-8,10H2,(H,16,17). The lowest BCUT2D eigenvalue weighted by molar-refractivity contribution is -0.128. The van der Waals surface area contributed by atoms with Crippen LogP contribution in [0.4, 0.5) is 0 Å². The normalized spacial score (nSPS) is 18.1. The highest BCUT2D eigenvalue weighted by molar-refractivity contribution is 5.78. The summed E-state index contributed by atoms with van der Waals surface area (Å²) in [6.45, 7) is 2.56. The molecule has 0 aromatic heterocycles. The Labute approximate surface area is 123 Å². The molecule has 1 amide bonds. The number of ether oxygens (including phenoxy) is 4. The molecular weight excluding hydrogens is 274 g/mol. The van der Waals surface area contributed by atoms with E-state index in [1.165, 1.54) is 0 Å². The van der Waals surface area contributed by atoms with E-state index in [-0.39, 0.29) is 18.6 Å². The van der Waals surface area contributed by atoms with E-state index in [1.807, 2.05) is 6.07 Å². The van der Waals surface area contributed by atoms with E-state index in [1.54, 1.807) is 12.1 Å². The molecule has 114 valence electrons. The van der Waals surface area contributed by atoms with Crippen LogP contribution < -0.4 is 19.5 Å². The van der Waals surface area contributed by atoms with Gasteiger partial charge >= 0.3 is 0 Å². The molecule has 0 unspecified atom stereocenters. The molecule has 0 aliphatic carbocycles. The molecule has 2 aliphatic rings. The summed E-state index contributed by atoms with van der Waals surface area (Å²) in [4.78, 5) is 11.9. The Hall–Kier alpha value is -1.95. The van der Waals surface area contributed by atoms with E-state index >= 15 is 0 Å². The van der Waals surface area contributed by atoms with Gasteiger partial charge in [0.25, 0.3) is 0 Å². The second kappa shape index (κ2) is 6.67. The molecule has 21 heavy (non-hydrogen) atoms. The number of amides is 1. The second-order valence-corrected chi connectivity index (χ2v) is 5.02. The minimum atomic E-state index is 0.0239. The Morgan fingerprint density at radius 2 is 1.90 bits per heavy atom. The zero-order chi connectivity index (χ0) is 14.5. The SMILES string of the molecule is O=C(NCOc1ccc2c(c1)OCCO2)C1CCOCC1. The summed E-state index contributed by atoms with van der Waals surface area (Å²) >= 11 is 0. The number of benzene rings is 1. The van der Waals surface area contributed by atoms with Crippen molar-refractivity contribution in [1.82, 2.24) is 5.32 Å². The fourth-order valence-electron chi connectivity index (χ4n) is 2.41. The number of carbonyl (C=O) groups is 1. The number of nitrogens with one attached hydrogen (secondary N) is 1. The van der Waals surface area contributed by atoms with E-state index < -0.39 is 0 Å². The van der Waals surface area contributed by atoms with Crippen molar-refractivity contribution in [2.45, 2.75) is 12.8 Å². The van der Waals surface area contributed by atoms with Crippen LogP contribution in [0.15, 0.2) is 18.2 Å². The van der Waals surface area contributed by atoms with Gasteiger partial charge in [0.05, 0.1) is 0 Å². The van der Waals surface area contributed by atoms with Crippen molar-refractivity contribution in [2.75, 3.05) is 33.2 Å². The first-order valence-electron chi connectivity index (χ1n) is 7.21. The highest BCUT2D eigenvalue weighted by atomic mass is 16.6. The van der Waals surface area contributed by atoms with Gasteiger partial charge in [-0.3, -0.25) is 4.79 Å². The zero-order valence-electron chi connectivity index (χ0n) is 11.8. The van der Waals surface area contributed by atoms with Gasteiger partial charge in [0, 0.05) is 25.2 Å². The summed E-state index contributed by atoms with van der Waals surface area (Å²) < 4.78 is 21.7. The lowest BCUT2D eigenvalue weighted by Crippen LogP contribution is -2.36. The molecule has 0 bridgehead atoms. The molecule has 0 radical (unpaired) electrons. The van der Waals surface area contributed by atoms with Crippen LogP contribution in [0.1, 0.15) is 12.8 Å². The lowest BCUT2D eigenvalue weighted by Gasteiger charge is -2.21. The fraction of sp³-hybridized carbons (Fsp3) is 0.533. The maximum atomic E-state index is 11.9. The average molecular weight is 293 g/mol. The van der Waals surface area contributed by atoms with Crippen molar-refractivity contribution < 1.29 is 23.7 Å². The van der Waals surface area contributed by atoms with Crippen LogP contribution in [-0.4, -0.2) is 39.1 Å². The molecule has 1 fully saturated rings. The first-order chi connectivity index (χ1) is 10.3. The number of fused-ring (bicyclic) bond motifs is 1. The predicted octanol–water partition coefficient (Wildman–Crippen LogP) is 1.34. The molecule has 1 N–H and O–H groups in total. The maximum Gasteiger partial charge on any atom is 0.225 e. The zero-order valence-corrected chi connectivity index (χ0v) is 11.8. The molecule has 1 aromatic rings. The number of rotatable bonds is 4. The molecule has 1 saturated heterocycles. The lowest BCUT2D eigenvalue weighted by atomic mass is 10.00. The first-order valence-corrected chi connectivity index (χ1v) is 7.21. The average Bonchev–Trinajstić information content (AvgIpc) is 2.55. The minimum Gasteiger partial charge on any atom is -0.486 e. The molecule has 0 atom stereocenters. The van der Waals surface area contributed by atoms with Crippen LogP contribution in [0.5, 0.6) is 17.2 Å². The summed E-state index contributed by atoms with van der Waals surface area (Å²) in [7, 11) is 0. The van der Waals surface area contributed by atoms with Gasteiger partial charge in [-0.15, -0.1) is 0 Å². The van der Waals surface area contributed by atoms with Gasteiger partial charge in [-0.05, 0) is 25.0 Å². The van der Waals surface area contributed by atoms with Gasteiger partial charge in [-0.25, -0.2) is 0 Å². The smallest absolute Gasteiger partial charge is 0.225 e. The molecule has 0 saturated carbocycles. The van der Waals surface area contributed by atoms with E-state index in [0.717, 1.165) is 18.6 Å². The van der Waals surface area contributed by atoms with Crippen LogP contribution >= 0.6 is 0 Å². The van der Waals surface area contributed by atoms with Crippen molar-refractivity contribution in [3.05, 3.63) is 18.2 Å². The molecule has 2 heterocycles. The molecular formula is C15H19NO5. The molecule has 0 spiro atoms. The van der Waals surface area contributed by atoms with Crippen LogP contribution in [0.3, 0.4) is 0 Å². The van der Waals surface area contributed by atoms with Crippen molar-refractivity contribution in [2.24, 2.45) is 5.92 Å². The summed E-state index contributed by atoms with van der Waals surface area (Å²) in [5, 5.41) is 2.79. The first kappa shape index (κ1) is 14.0.